The molecule has 6 heteroatoms. The van der Waals surface area contributed by atoms with Gasteiger partial charge in [-0.05, 0) is 31.0 Å². The van der Waals surface area contributed by atoms with Gasteiger partial charge in [0.2, 0.25) is 5.91 Å². The van der Waals surface area contributed by atoms with Crippen molar-refractivity contribution in [3.63, 3.8) is 0 Å². The number of benzene rings is 1. The van der Waals surface area contributed by atoms with Crippen molar-refractivity contribution in [3.05, 3.63) is 34.9 Å². The molecule has 22 heavy (non-hydrogen) atoms. The molecule has 0 bridgehead atoms. The Hall–Kier alpha value is -1.59. The first-order valence-electron chi connectivity index (χ1n) is 7.36. The summed E-state index contributed by atoms with van der Waals surface area (Å²) in [6.45, 7) is 2.87. The van der Waals surface area contributed by atoms with Crippen LogP contribution in [0.3, 0.4) is 0 Å². The van der Waals surface area contributed by atoms with E-state index in [1.165, 1.54) is 14.0 Å². The number of nitrogens with one attached hydrogen (secondary N) is 1. The van der Waals surface area contributed by atoms with E-state index >= 15 is 0 Å². The van der Waals surface area contributed by atoms with E-state index in [1.807, 2.05) is 23.1 Å². The van der Waals surface area contributed by atoms with Gasteiger partial charge in [-0.15, -0.1) is 0 Å². The molecule has 1 aromatic rings. The molecular formula is C16H21ClN2O3. The minimum atomic E-state index is -0.546. The summed E-state index contributed by atoms with van der Waals surface area (Å²) in [4.78, 5) is 25.6. The number of hydrogen-bond donors (Lipinski definition) is 1. The van der Waals surface area contributed by atoms with Crippen LogP contribution in [0, 0.1) is 0 Å². The standard InChI is InChI=1S/C16H21ClN2O3/c1-11(20)18-12-6-5-9-19(10-12)15(16(21)22-2)13-7-3-4-8-14(13)17/h3-4,7-8,12,15H,5-6,9-10H2,1-2H3,(H,18,20). The van der Waals surface area contributed by atoms with E-state index < -0.39 is 6.04 Å². The van der Waals surface area contributed by atoms with Crippen molar-refractivity contribution in [1.29, 1.82) is 0 Å². The Morgan fingerprint density at radius 2 is 2.14 bits per heavy atom. The molecule has 2 rings (SSSR count). The SMILES string of the molecule is COC(=O)C(c1ccccc1Cl)N1CCCC(NC(C)=O)C1. The highest BCUT2D eigenvalue weighted by atomic mass is 35.5. The highest BCUT2D eigenvalue weighted by Gasteiger charge is 2.33. The van der Waals surface area contributed by atoms with Gasteiger partial charge >= 0.3 is 5.97 Å². The molecule has 0 saturated carbocycles. The third-order valence-electron chi connectivity index (χ3n) is 3.85. The molecule has 1 saturated heterocycles. The number of ether oxygens (including phenoxy) is 1. The smallest absolute Gasteiger partial charge is 0.327 e. The first kappa shape index (κ1) is 16.8. The van der Waals surface area contributed by atoms with Crippen LogP contribution in [0.1, 0.15) is 31.4 Å². The van der Waals surface area contributed by atoms with Crippen molar-refractivity contribution in [2.75, 3.05) is 20.2 Å². The van der Waals surface area contributed by atoms with Gasteiger partial charge in [-0.3, -0.25) is 9.69 Å². The molecule has 0 radical (unpaired) electrons. The lowest BCUT2D eigenvalue weighted by Crippen LogP contribution is -2.49. The maximum atomic E-state index is 12.3. The van der Waals surface area contributed by atoms with Crippen molar-refractivity contribution in [2.45, 2.75) is 31.8 Å². The van der Waals surface area contributed by atoms with Crippen LogP contribution in [0.4, 0.5) is 0 Å². The molecule has 5 nitrogen and oxygen atoms in total. The lowest BCUT2D eigenvalue weighted by atomic mass is 9.99. The molecule has 0 aliphatic carbocycles. The molecule has 1 aromatic carbocycles. The van der Waals surface area contributed by atoms with Crippen molar-refractivity contribution < 1.29 is 14.3 Å². The summed E-state index contributed by atoms with van der Waals surface area (Å²) in [5.41, 5.74) is 0.736. The molecule has 2 unspecified atom stereocenters. The predicted molar refractivity (Wildman–Crippen MR) is 84.6 cm³/mol. The number of methoxy groups -OCH3 is 1. The van der Waals surface area contributed by atoms with Crippen LogP contribution in [-0.2, 0) is 14.3 Å². The third-order valence-corrected chi connectivity index (χ3v) is 4.19. The van der Waals surface area contributed by atoms with Crippen LogP contribution in [0.5, 0.6) is 0 Å². The summed E-state index contributed by atoms with van der Waals surface area (Å²) in [6.07, 6.45) is 1.81. The van der Waals surface area contributed by atoms with Gasteiger partial charge in [0, 0.05) is 24.5 Å². The number of carbonyl (C=O) groups excluding carboxylic acids is 2. The Balaban J connectivity index is 2.24. The summed E-state index contributed by atoms with van der Waals surface area (Å²) in [6, 6.07) is 6.79. The number of halogens is 1. The van der Waals surface area contributed by atoms with E-state index in [1.54, 1.807) is 6.07 Å². The van der Waals surface area contributed by atoms with E-state index in [0.29, 0.717) is 11.6 Å². The molecule has 1 fully saturated rings. The highest BCUT2D eigenvalue weighted by molar-refractivity contribution is 6.31. The molecule has 2 atom stereocenters. The van der Waals surface area contributed by atoms with Crippen LogP contribution in [0.15, 0.2) is 24.3 Å². The third kappa shape index (κ3) is 3.99. The second kappa shape index (κ2) is 7.61. The van der Waals surface area contributed by atoms with Gasteiger partial charge in [0.05, 0.1) is 7.11 Å². The highest BCUT2D eigenvalue weighted by Crippen LogP contribution is 2.30. The molecule has 1 aliphatic rings. The van der Waals surface area contributed by atoms with Gasteiger partial charge in [-0.2, -0.15) is 0 Å². The lowest BCUT2D eigenvalue weighted by Gasteiger charge is -2.37. The number of nitrogens with zero attached hydrogens (tertiary/aromatic N) is 1. The van der Waals surface area contributed by atoms with Crippen molar-refractivity contribution >= 4 is 23.5 Å². The summed E-state index contributed by atoms with van der Waals surface area (Å²) in [5, 5.41) is 3.47. The van der Waals surface area contributed by atoms with E-state index in [2.05, 4.69) is 5.32 Å². The fourth-order valence-electron chi connectivity index (χ4n) is 2.93. The van der Waals surface area contributed by atoms with Crippen LogP contribution in [-0.4, -0.2) is 43.0 Å². The van der Waals surface area contributed by atoms with E-state index in [9.17, 15) is 9.59 Å². The lowest BCUT2D eigenvalue weighted by molar-refractivity contribution is -0.148. The Morgan fingerprint density at radius 3 is 2.77 bits per heavy atom. The summed E-state index contributed by atoms with van der Waals surface area (Å²) >= 11 is 6.26. The van der Waals surface area contributed by atoms with Gasteiger partial charge in [-0.1, -0.05) is 29.8 Å². The minimum absolute atomic E-state index is 0.0425. The van der Waals surface area contributed by atoms with E-state index in [-0.39, 0.29) is 17.9 Å². The number of amides is 1. The summed E-state index contributed by atoms with van der Waals surface area (Å²) in [5.74, 6) is -0.393. The van der Waals surface area contributed by atoms with Crippen LogP contribution < -0.4 is 5.32 Å². The second-order valence-corrected chi connectivity index (χ2v) is 5.89. The zero-order valence-corrected chi connectivity index (χ0v) is 13.6. The molecule has 1 aliphatic heterocycles. The van der Waals surface area contributed by atoms with Crippen LogP contribution in [0.2, 0.25) is 5.02 Å². The first-order chi connectivity index (χ1) is 10.5. The van der Waals surface area contributed by atoms with Gasteiger partial charge < -0.3 is 10.1 Å². The number of rotatable bonds is 4. The Morgan fingerprint density at radius 1 is 1.41 bits per heavy atom. The summed E-state index contributed by atoms with van der Waals surface area (Å²) < 4.78 is 4.96. The number of likely N-dealkylation sites (tertiary alicyclic amines) is 1. The quantitative estimate of drug-likeness (QED) is 0.862. The number of carbonyl (C=O) groups is 2. The largest absolute Gasteiger partial charge is 0.468 e. The average Bonchev–Trinajstić information content (AvgIpc) is 2.49. The first-order valence-corrected chi connectivity index (χ1v) is 7.74. The molecule has 1 amide bonds. The van der Waals surface area contributed by atoms with Gasteiger partial charge in [0.25, 0.3) is 0 Å². The predicted octanol–water partition coefficient (Wildman–Crippen LogP) is 2.15. The Labute approximate surface area is 135 Å². The average molecular weight is 325 g/mol. The number of esters is 1. The van der Waals surface area contributed by atoms with Crippen molar-refractivity contribution in [3.8, 4) is 0 Å². The van der Waals surface area contributed by atoms with Gasteiger partial charge in [-0.25, -0.2) is 4.79 Å². The molecule has 1 heterocycles. The Kier molecular flexibility index (Phi) is 5.80. The topological polar surface area (TPSA) is 58.6 Å². The fourth-order valence-corrected chi connectivity index (χ4v) is 3.17. The Bertz CT molecular complexity index is 550. The normalized spacial score (nSPS) is 20.2. The zero-order chi connectivity index (χ0) is 16.1. The second-order valence-electron chi connectivity index (χ2n) is 5.48. The molecule has 0 aromatic heterocycles. The zero-order valence-electron chi connectivity index (χ0n) is 12.8. The maximum Gasteiger partial charge on any atom is 0.327 e. The molecule has 0 spiro atoms. The van der Waals surface area contributed by atoms with E-state index in [4.69, 9.17) is 16.3 Å². The number of piperidine rings is 1. The monoisotopic (exact) mass is 324 g/mol. The van der Waals surface area contributed by atoms with Crippen LogP contribution >= 0.6 is 11.6 Å². The maximum absolute atomic E-state index is 12.3. The van der Waals surface area contributed by atoms with Crippen molar-refractivity contribution in [2.24, 2.45) is 0 Å². The van der Waals surface area contributed by atoms with Crippen molar-refractivity contribution in [1.82, 2.24) is 10.2 Å². The van der Waals surface area contributed by atoms with E-state index in [0.717, 1.165) is 24.9 Å². The number of hydrogen-bond acceptors (Lipinski definition) is 4. The van der Waals surface area contributed by atoms with Crippen LogP contribution in [0.25, 0.3) is 0 Å². The summed E-state index contributed by atoms with van der Waals surface area (Å²) in [7, 11) is 1.38. The molecule has 1 N–H and O–H groups in total. The molecular weight excluding hydrogens is 304 g/mol. The van der Waals surface area contributed by atoms with Gasteiger partial charge in [0.15, 0.2) is 0 Å². The fraction of sp³-hybridized carbons (Fsp3) is 0.500. The van der Waals surface area contributed by atoms with Gasteiger partial charge in [0.1, 0.15) is 6.04 Å². The minimum Gasteiger partial charge on any atom is -0.468 e. The molecule has 120 valence electrons.